The molecule has 19 heavy (non-hydrogen) atoms. The second kappa shape index (κ2) is 5.63. The second-order valence-electron chi connectivity index (χ2n) is 4.88. The molecule has 0 fully saturated rings. The van der Waals surface area contributed by atoms with E-state index in [1.54, 1.807) is 16.0 Å². The molecule has 104 valence electrons. The van der Waals surface area contributed by atoms with E-state index >= 15 is 0 Å². The first-order valence-corrected chi connectivity index (χ1v) is 7.21. The number of anilines is 2. The van der Waals surface area contributed by atoms with Gasteiger partial charge in [-0.25, -0.2) is 0 Å². The fraction of sp³-hybridized carbons (Fsp3) is 0.462. The van der Waals surface area contributed by atoms with Crippen LogP contribution in [0, 0.1) is 0 Å². The molecule has 2 rings (SSSR count). The van der Waals surface area contributed by atoms with E-state index in [1.165, 1.54) is 0 Å². The quantitative estimate of drug-likeness (QED) is 0.785. The zero-order valence-electron chi connectivity index (χ0n) is 11.4. The van der Waals surface area contributed by atoms with Crippen LogP contribution in [0.3, 0.4) is 0 Å². The summed E-state index contributed by atoms with van der Waals surface area (Å²) in [7, 11) is 1.85. The van der Waals surface area contributed by atoms with Crippen molar-refractivity contribution in [1.29, 1.82) is 0 Å². The molecule has 5 nitrogen and oxygen atoms in total. The maximum atomic E-state index is 10.0. The van der Waals surface area contributed by atoms with Gasteiger partial charge in [-0.3, -0.25) is 4.68 Å². The van der Waals surface area contributed by atoms with Crippen LogP contribution in [-0.2, 0) is 7.05 Å². The number of thiophene rings is 1. The van der Waals surface area contributed by atoms with E-state index in [0.717, 1.165) is 17.1 Å². The molecule has 6 heteroatoms. The zero-order chi connectivity index (χ0) is 14.0. The maximum absolute atomic E-state index is 10.0. The van der Waals surface area contributed by atoms with Gasteiger partial charge in [0.15, 0.2) is 0 Å². The van der Waals surface area contributed by atoms with E-state index in [1.807, 2.05) is 23.9 Å². The summed E-state index contributed by atoms with van der Waals surface area (Å²) >= 11 is 1.57. The highest BCUT2D eigenvalue weighted by Crippen LogP contribution is 2.28. The van der Waals surface area contributed by atoms with Gasteiger partial charge in [-0.1, -0.05) is 13.8 Å². The Hall–Kier alpha value is -1.53. The number of aryl methyl sites for hydroxylation is 1. The van der Waals surface area contributed by atoms with Gasteiger partial charge in [-0.2, -0.15) is 16.4 Å². The number of nitrogens with zero attached hydrogens (tertiary/aromatic N) is 2. The molecule has 0 spiro atoms. The van der Waals surface area contributed by atoms with E-state index in [9.17, 15) is 5.11 Å². The number of hydrogen-bond donors (Lipinski definition) is 3. The number of aromatic nitrogens is 2. The van der Waals surface area contributed by atoms with Crippen molar-refractivity contribution < 1.29 is 5.11 Å². The van der Waals surface area contributed by atoms with Crippen LogP contribution in [0.1, 0.15) is 37.1 Å². The Kier molecular flexibility index (Phi) is 4.11. The van der Waals surface area contributed by atoms with Crippen LogP contribution in [0.5, 0.6) is 0 Å². The first-order chi connectivity index (χ1) is 9.00. The molecule has 0 saturated carbocycles. The summed E-state index contributed by atoms with van der Waals surface area (Å²) in [6, 6.07) is 1.92. The summed E-state index contributed by atoms with van der Waals surface area (Å²) < 4.78 is 1.73. The number of nitrogens with two attached hydrogens (primary N) is 1. The Bertz CT molecular complexity index is 533. The van der Waals surface area contributed by atoms with Crippen molar-refractivity contribution in [1.82, 2.24) is 9.78 Å². The van der Waals surface area contributed by atoms with Gasteiger partial charge >= 0.3 is 0 Å². The topological polar surface area (TPSA) is 76.1 Å². The molecule has 1 atom stereocenters. The standard InChI is InChI=1S/C13H20N4OS/c1-8(2)12-11(14)13(17(3)16-12)15-6-10(18)9-4-5-19-7-9/h4-5,7-8,10,15,18H,6,14H2,1-3H3. The van der Waals surface area contributed by atoms with Crippen LogP contribution in [0.2, 0.25) is 0 Å². The van der Waals surface area contributed by atoms with Crippen molar-refractivity contribution >= 4 is 22.8 Å². The predicted octanol–water partition coefficient (Wildman–Crippen LogP) is 2.33. The highest BCUT2D eigenvalue weighted by Gasteiger charge is 2.17. The number of hydrogen-bond acceptors (Lipinski definition) is 5. The van der Waals surface area contributed by atoms with Crippen LogP contribution < -0.4 is 11.1 Å². The number of aliphatic hydroxyl groups is 1. The molecule has 0 amide bonds. The summed E-state index contributed by atoms with van der Waals surface area (Å²) in [6.45, 7) is 4.53. The molecular weight excluding hydrogens is 260 g/mol. The summed E-state index contributed by atoms with van der Waals surface area (Å²) in [5, 5.41) is 21.5. The first-order valence-electron chi connectivity index (χ1n) is 6.27. The van der Waals surface area contributed by atoms with Gasteiger partial charge in [0.05, 0.1) is 17.5 Å². The normalized spacial score (nSPS) is 12.9. The van der Waals surface area contributed by atoms with Gasteiger partial charge in [0, 0.05) is 13.6 Å². The van der Waals surface area contributed by atoms with E-state index in [4.69, 9.17) is 5.73 Å². The number of nitrogens with one attached hydrogen (secondary N) is 1. The van der Waals surface area contributed by atoms with Crippen LogP contribution in [0.4, 0.5) is 11.5 Å². The highest BCUT2D eigenvalue weighted by atomic mass is 32.1. The Morgan fingerprint density at radius 2 is 2.26 bits per heavy atom. The van der Waals surface area contributed by atoms with Gasteiger partial charge in [-0.05, 0) is 28.3 Å². The lowest BCUT2D eigenvalue weighted by molar-refractivity contribution is 0.192. The van der Waals surface area contributed by atoms with E-state index in [-0.39, 0.29) is 5.92 Å². The van der Waals surface area contributed by atoms with E-state index in [0.29, 0.717) is 12.2 Å². The Morgan fingerprint density at radius 1 is 1.53 bits per heavy atom. The molecule has 0 saturated heterocycles. The van der Waals surface area contributed by atoms with E-state index < -0.39 is 6.10 Å². The molecular formula is C13H20N4OS. The molecule has 2 aromatic rings. The van der Waals surface area contributed by atoms with Gasteiger partial charge in [0.1, 0.15) is 5.82 Å². The summed E-state index contributed by atoms with van der Waals surface area (Å²) in [5.41, 5.74) is 8.55. The van der Waals surface area contributed by atoms with Crippen molar-refractivity contribution in [3.05, 3.63) is 28.1 Å². The van der Waals surface area contributed by atoms with Gasteiger partial charge in [0.2, 0.25) is 0 Å². The fourth-order valence-electron chi connectivity index (χ4n) is 1.97. The fourth-order valence-corrected chi connectivity index (χ4v) is 2.68. The Balaban J connectivity index is 2.08. The third kappa shape index (κ3) is 2.90. The molecule has 0 radical (unpaired) electrons. The third-order valence-electron chi connectivity index (χ3n) is 3.05. The summed E-state index contributed by atoms with van der Waals surface area (Å²) in [5.74, 6) is 1.04. The van der Waals surface area contributed by atoms with Crippen molar-refractivity contribution in [2.75, 3.05) is 17.6 Å². The average molecular weight is 280 g/mol. The van der Waals surface area contributed by atoms with Crippen LogP contribution >= 0.6 is 11.3 Å². The smallest absolute Gasteiger partial charge is 0.147 e. The third-order valence-corrected chi connectivity index (χ3v) is 3.75. The molecule has 2 aromatic heterocycles. The monoisotopic (exact) mass is 280 g/mol. The van der Waals surface area contributed by atoms with Crippen molar-refractivity contribution in [3.8, 4) is 0 Å². The minimum atomic E-state index is -0.539. The largest absolute Gasteiger partial charge is 0.394 e. The predicted molar refractivity (Wildman–Crippen MR) is 79.5 cm³/mol. The lowest BCUT2D eigenvalue weighted by Crippen LogP contribution is -2.14. The van der Waals surface area contributed by atoms with E-state index in [2.05, 4.69) is 24.3 Å². The second-order valence-corrected chi connectivity index (χ2v) is 5.66. The number of nitrogen functional groups attached to an aromatic ring is 1. The molecule has 0 aromatic carbocycles. The SMILES string of the molecule is CC(C)c1nn(C)c(NCC(O)c2ccsc2)c1N. The molecule has 0 aliphatic carbocycles. The lowest BCUT2D eigenvalue weighted by Gasteiger charge is -2.12. The molecule has 1 unspecified atom stereocenters. The van der Waals surface area contributed by atoms with Crippen molar-refractivity contribution in [3.63, 3.8) is 0 Å². The number of rotatable bonds is 5. The molecule has 4 N–H and O–H groups in total. The Labute approximate surface area is 117 Å². The molecule has 2 heterocycles. The van der Waals surface area contributed by atoms with Gasteiger partial charge in [-0.15, -0.1) is 0 Å². The average Bonchev–Trinajstić information content (AvgIpc) is 2.96. The number of aliphatic hydroxyl groups excluding tert-OH is 1. The van der Waals surface area contributed by atoms with Crippen molar-refractivity contribution in [2.45, 2.75) is 25.9 Å². The summed E-state index contributed by atoms with van der Waals surface area (Å²) in [6.07, 6.45) is -0.539. The lowest BCUT2D eigenvalue weighted by atomic mass is 10.1. The first kappa shape index (κ1) is 13.9. The van der Waals surface area contributed by atoms with Crippen LogP contribution in [-0.4, -0.2) is 21.4 Å². The zero-order valence-corrected chi connectivity index (χ0v) is 12.2. The molecule has 0 aliphatic heterocycles. The van der Waals surface area contributed by atoms with Crippen LogP contribution in [0.15, 0.2) is 16.8 Å². The van der Waals surface area contributed by atoms with Crippen molar-refractivity contribution in [2.24, 2.45) is 7.05 Å². The summed E-state index contributed by atoms with van der Waals surface area (Å²) in [4.78, 5) is 0. The Morgan fingerprint density at radius 3 is 2.79 bits per heavy atom. The molecule has 0 aliphatic rings. The molecule has 0 bridgehead atoms. The van der Waals surface area contributed by atoms with Crippen LogP contribution in [0.25, 0.3) is 0 Å². The maximum Gasteiger partial charge on any atom is 0.147 e. The highest BCUT2D eigenvalue weighted by molar-refractivity contribution is 7.07. The van der Waals surface area contributed by atoms with Gasteiger partial charge < -0.3 is 16.2 Å². The van der Waals surface area contributed by atoms with Gasteiger partial charge in [0.25, 0.3) is 0 Å². The minimum Gasteiger partial charge on any atom is -0.394 e. The minimum absolute atomic E-state index is 0.281.